The average Bonchev–Trinajstić information content (AvgIpc) is 3.34. The van der Waals surface area contributed by atoms with Gasteiger partial charge in [0, 0.05) is 25.7 Å². The molecule has 3 rings (SSSR count). The quantitative estimate of drug-likeness (QED) is 0.614. The Balaban J connectivity index is 1.39. The van der Waals surface area contributed by atoms with Crippen LogP contribution in [0.15, 0.2) is 59.5 Å². The molecule has 7 nitrogen and oxygen atoms in total. The first-order valence-electron chi connectivity index (χ1n) is 7.88. The van der Waals surface area contributed by atoms with E-state index in [1.807, 2.05) is 30.3 Å². The molecule has 3 N–H and O–H groups in total. The second kappa shape index (κ2) is 7.96. The third-order valence-electron chi connectivity index (χ3n) is 3.68. The lowest BCUT2D eigenvalue weighted by Gasteiger charge is -2.07. The Morgan fingerprint density at radius 3 is 2.60 bits per heavy atom. The fourth-order valence-electron chi connectivity index (χ4n) is 2.29. The van der Waals surface area contributed by atoms with Crippen molar-refractivity contribution in [2.45, 2.75) is 13.0 Å². The van der Waals surface area contributed by atoms with Crippen LogP contribution in [-0.2, 0) is 11.3 Å². The van der Waals surface area contributed by atoms with Gasteiger partial charge in [-0.1, -0.05) is 24.3 Å². The number of benzene rings is 1. The lowest BCUT2D eigenvalue weighted by atomic mass is 10.1. The molecule has 0 radical (unpaired) electrons. The first kappa shape index (κ1) is 16.5. The highest BCUT2D eigenvalue weighted by molar-refractivity contribution is 5.94. The van der Waals surface area contributed by atoms with Crippen LogP contribution in [0.4, 0.5) is 0 Å². The SMILES string of the molecule is O=C(CCNC(=O)c1ccoc1)NCc1ccc(-c2ccn[nH]2)cc1. The molecule has 0 aliphatic rings. The highest BCUT2D eigenvalue weighted by Crippen LogP contribution is 2.16. The smallest absolute Gasteiger partial charge is 0.254 e. The number of hydrogen-bond acceptors (Lipinski definition) is 4. The summed E-state index contributed by atoms with van der Waals surface area (Å²) in [4.78, 5) is 23.5. The number of hydrogen-bond donors (Lipinski definition) is 3. The standard InChI is InChI=1S/C18H18N4O3/c23-17(6-8-19-18(24)15-7-10-25-12-15)20-11-13-1-3-14(4-2-13)16-5-9-21-22-16/h1-5,7,9-10,12H,6,8,11H2,(H,19,24)(H,20,23)(H,21,22). The van der Waals surface area contributed by atoms with Gasteiger partial charge < -0.3 is 15.1 Å². The summed E-state index contributed by atoms with van der Waals surface area (Å²) in [6.45, 7) is 0.715. The molecule has 0 unspecified atom stereocenters. The molecule has 0 saturated carbocycles. The first-order valence-corrected chi connectivity index (χ1v) is 7.88. The molecule has 0 spiro atoms. The van der Waals surface area contributed by atoms with Crippen LogP contribution in [0, 0.1) is 0 Å². The van der Waals surface area contributed by atoms with Crippen molar-refractivity contribution < 1.29 is 14.0 Å². The molecule has 0 fully saturated rings. The molecule has 3 aromatic rings. The van der Waals surface area contributed by atoms with Crippen LogP contribution in [0.2, 0.25) is 0 Å². The van der Waals surface area contributed by atoms with Crippen molar-refractivity contribution in [1.29, 1.82) is 0 Å². The van der Waals surface area contributed by atoms with Crippen LogP contribution >= 0.6 is 0 Å². The summed E-state index contributed by atoms with van der Waals surface area (Å²) in [6.07, 6.45) is 4.71. The van der Waals surface area contributed by atoms with Crippen molar-refractivity contribution in [3.63, 3.8) is 0 Å². The predicted molar refractivity (Wildman–Crippen MR) is 91.5 cm³/mol. The summed E-state index contributed by atoms with van der Waals surface area (Å²) in [5, 5.41) is 12.3. The molecule has 0 aliphatic heterocycles. The highest BCUT2D eigenvalue weighted by Gasteiger charge is 2.07. The summed E-state index contributed by atoms with van der Waals surface area (Å²) in [5.74, 6) is -0.374. The van der Waals surface area contributed by atoms with Gasteiger partial charge in [0.15, 0.2) is 0 Å². The van der Waals surface area contributed by atoms with Crippen LogP contribution in [-0.4, -0.2) is 28.6 Å². The molecule has 7 heteroatoms. The third-order valence-corrected chi connectivity index (χ3v) is 3.68. The molecule has 2 aromatic heterocycles. The van der Waals surface area contributed by atoms with Crippen molar-refractivity contribution in [2.75, 3.05) is 6.54 Å². The van der Waals surface area contributed by atoms with Gasteiger partial charge in [-0.3, -0.25) is 14.7 Å². The lowest BCUT2D eigenvalue weighted by Crippen LogP contribution is -2.30. The maximum atomic E-state index is 11.8. The van der Waals surface area contributed by atoms with E-state index in [4.69, 9.17) is 4.42 Å². The molecule has 128 valence electrons. The molecule has 0 saturated heterocycles. The van der Waals surface area contributed by atoms with Crippen LogP contribution < -0.4 is 10.6 Å². The molecule has 0 bridgehead atoms. The Bertz CT molecular complexity index is 809. The van der Waals surface area contributed by atoms with Gasteiger partial charge in [-0.25, -0.2) is 0 Å². The number of nitrogens with one attached hydrogen (secondary N) is 3. The van der Waals surface area contributed by atoms with E-state index < -0.39 is 0 Å². The Labute approximate surface area is 144 Å². The maximum absolute atomic E-state index is 11.8. The molecule has 0 aliphatic carbocycles. The minimum atomic E-state index is -0.254. The van der Waals surface area contributed by atoms with Gasteiger partial charge in [0.05, 0.1) is 17.5 Å². The number of furan rings is 1. The fourth-order valence-corrected chi connectivity index (χ4v) is 2.29. The molecule has 2 heterocycles. The average molecular weight is 338 g/mol. The second-order valence-corrected chi connectivity index (χ2v) is 5.46. The zero-order chi connectivity index (χ0) is 17.5. The molecule has 25 heavy (non-hydrogen) atoms. The van der Waals surface area contributed by atoms with Crippen molar-refractivity contribution in [1.82, 2.24) is 20.8 Å². The number of aromatic nitrogens is 2. The van der Waals surface area contributed by atoms with E-state index in [1.165, 1.54) is 12.5 Å². The van der Waals surface area contributed by atoms with Gasteiger partial charge in [-0.15, -0.1) is 0 Å². The second-order valence-electron chi connectivity index (χ2n) is 5.46. The van der Waals surface area contributed by atoms with Crippen LogP contribution in [0.5, 0.6) is 0 Å². The molecular formula is C18H18N4O3. The topological polar surface area (TPSA) is 100 Å². The Morgan fingerprint density at radius 1 is 1.08 bits per heavy atom. The lowest BCUT2D eigenvalue weighted by molar-refractivity contribution is -0.121. The van der Waals surface area contributed by atoms with E-state index in [9.17, 15) is 9.59 Å². The molecule has 2 amide bonds. The summed E-state index contributed by atoms with van der Waals surface area (Å²) in [5.41, 5.74) is 3.43. The summed E-state index contributed by atoms with van der Waals surface area (Å²) in [7, 11) is 0. The number of carbonyl (C=O) groups is 2. The largest absolute Gasteiger partial charge is 0.472 e. The van der Waals surface area contributed by atoms with Gasteiger partial charge in [-0.05, 0) is 23.3 Å². The van der Waals surface area contributed by atoms with E-state index in [1.54, 1.807) is 12.3 Å². The van der Waals surface area contributed by atoms with Crippen LogP contribution in [0.25, 0.3) is 11.3 Å². The van der Waals surface area contributed by atoms with Crippen LogP contribution in [0.3, 0.4) is 0 Å². The van der Waals surface area contributed by atoms with Crippen molar-refractivity contribution in [3.8, 4) is 11.3 Å². The first-order chi connectivity index (χ1) is 12.2. The molecular weight excluding hydrogens is 320 g/mol. The Hall–Kier alpha value is -3.35. The van der Waals surface area contributed by atoms with Gasteiger partial charge in [0.25, 0.3) is 5.91 Å². The number of aromatic amines is 1. The Morgan fingerprint density at radius 2 is 1.92 bits per heavy atom. The summed E-state index contributed by atoms with van der Waals surface area (Å²) < 4.78 is 4.84. The summed E-state index contributed by atoms with van der Waals surface area (Å²) in [6, 6.07) is 11.3. The van der Waals surface area contributed by atoms with E-state index in [0.29, 0.717) is 12.1 Å². The zero-order valence-electron chi connectivity index (χ0n) is 13.5. The van der Waals surface area contributed by atoms with Crippen LogP contribution in [0.1, 0.15) is 22.3 Å². The number of amides is 2. The molecule has 1 aromatic carbocycles. The fraction of sp³-hybridized carbons (Fsp3) is 0.167. The van der Waals surface area contributed by atoms with Gasteiger partial charge in [0.2, 0.25) is 5.91 Å². The monoisotopic (exact) mass is 338 g/mol. The predicted octanol–water partition coefficient (Wildman–Crippen LogP) is 2.11. The highest BCUT2D eigenvalue weighted by atomic mass is 16.3. The Kier molecular flexibility index (Phi) is 5.26. The van der Waals surface area contributed by atoms with Gasteiger partial charge in [0.1, 0.15) is 6.26 Å². The van der Waals surface area contributed by atoms with E-state index in [2.05, 4.69) is 20.8 Å². The van der Waals surface area contributed by atoms with E-state index in [-0.39, 0.29) is 24.8 Å². The molecule has 0 atom stereocenters. The minimum absolute atomic E-state index is 0.120. The number of rotatable bonds is 7. The summed E-state index contributed by atoms with van der Waals surface area (Å²) >= 11 is 0. The van der Waals surface area contributed by atoms with Crippen molar-refractivity contribution in [2.24, 2.45) is 0 Å². The number of nitrogens with zero attached hydrogens (tertiary/aromatic N) is 1. The zero-order valence-corrected chi connectivity index (χ0v) is 13.5. The van der Waals surface area contributed by atoms with E-state index in [0.717, 1.165) is 16.8 Å². The van der Waals surface area contributed by atoms with Gasteiger partial charge in [-0.2, -0.15) is 5.10 Å². The number of carbonyl (C=O) groups excluding carboxylic acids is 2. The maximum Gasteiger partial charge on any atom is 0.254 e. The minimum Gasteiger partial charge on any atom is -0.472 e. The normalized spacial score (nSPS) is 10.4. The van der Waals surface area contributed by atoms with Crippen molar-refractivity contribution >= 4 is 11.8 Å². The third kappa shape index (κ3) is 4.57. The van der Waals surface area contributed by atoms with E-state index >= 15 is 0 Å². The number of H-pyrrole nitrogens is 1. The van der Waals surface area contributed by atoms with Gasteiger partial charge >= 0.3 is 0 Å². The van der Waals surface area contributed by atoms with Crippen molar-refractivity contribution in [3.05, 3.63) is 66.2 Å².